The van der Waals surface area contributed by atoms with Crippen LogP contribution in [0.25, 0.3) is 0 Å². The van der Waals surface area contributed by atoms with Gasteiger partial charge in [0, 0.05) is 19.3 Å². The van der Waals surface area contributed by atoms with Crippen LogP contribution in [0.1, 0.15) is 35.6 Å². The first-order valence-corrected chi connectivity index (χ1v) is 8.50. The molecular weight excluding hydrogens is 338 g/mol. The van der Waals surface area contributed by atoms with Crippen LogP contribution in [0, 0.1) is 13.8 Å². The number of ether oxygens (including phenoxy) is 1. The number of thiocarbonyl (C=S) groups is 1. The zero-order chi connectivity index (χ0) is 18.2. The zero-order valence-corrected chi connectivity index (χ0v) is 15.5. The molecule has 0 aliphatic heterocycles. The summed E-state index contributed by atoms with van der Waals surface area (Å²) in [6, 6.07) is 5.85. The van der Waals surface area contributed by atoms with E-state index in [1.165, 1.54) is 6.92 Å². The van der Waals surface area contributed by atoms with Crippen LogP contribution in [0.15, 0.2) is 35.0 Å². The van der Waals surface area contributed by atoms with Crippen molar-refractivity contribution < 1.29 is 13.9 Å². The van der Waals surface area contributed by atoms with Gasteiger partial charge in [0.1, 0.15) is 18.1 Å². The predicted molar refractivity (Wildman–Crippen MR) is 99.2 cm³/mol. The van der Waals surface area contributed by atoms with E-state index in [-0.39, 0.29) is 18.6 Å². The highest BCUT2D eigenvalue weighted by Gasteiger charge is 2.18. The number of nitrogens with one attached hydrogen (secondary N) is 2. The first kappa shape index (κ1) is 18.9. The van der Waals surface area contributed by atoms with Crippen LogP contribution in [0.4, 0.5) is 0 Å². The van der Waals surface area contributed by atoms with Crippen molar-refractivity contribution in [3.05, 3.63) is 53.2 Å². The average molecular weight is 361 g/mol. The fraction of sp³-hybridized carbons (Fsp3) is 0.389. The van der Waals surface area contributed by atoms with Crippen molar-refractivity contribution >= 4 is 23.3 Å². The number of pyridine rings is 1. The summed E-state index contributed by atoms with van der Waals surface area (Å²) in [5.41, 5.74) is 2.23. The van der Waals surface area contributed by atoms with Crippen molar-refractivity contribution in [3.8, 4) is 0 Å². The van der Waals surface area contributed by atoms with Crippen LogP contribution in [0.3, 0.4) is 0 Å². The molecule has 1 atom stereocenters. The van der Waals surface area contributed by atoms with Crippen molar-refractivity contribution in [1.29, 1.82) is 0 Å². The lowest BCUT2D eigenvalue weighted by molar-refractivity contribution is -0.140. The van der Waals surface area contributed by atoms with Gasteiger partial charge in [-0.1, -0.05) is 0 Å². The van der Waals surface area contributed by atoms with Gasteiger partial charge in [0.05, 0.1) is 12.6 Å². The van der Waals surface area contributed by atoms with Gasteiger partial charge in [-0.15, -0.1) is 0 Å². The molecule has 2 aromatic rings. The van der Waals surface area contributed by atoms with Crippen molar-refractivity contribution in [2.75, 3.05) is 13.2 Å². The number of furan rings is 1. The van der Waals surface area contributed by atoms with Gasteiger partial charge in [-0.2, -0.15) is 0 Å². The monoisotopic (exact) mass is 361 g/mol. The number of aryl methyl sites for hydroxylation is 2. The van der Waals surface area contributed by atoms with Crippen molar-refractivity contribution in [1.82, 2.24) is 15.6 Å². The Labute approximate surface area is 153 Å². The Hall–Kier alpha value is -2.41. The maximum Gasteiger partial charge on any atom is 0.302 e. The molecule has 0 spiro atoms. The van der Waals surface area contributed by atoms with Gasteiger partial charge in [0.25, 0.3) is 0 Å². The maximum atomic E-state index is 10.8. The minimum Gasteiger partial charge on any atom is -0.464 e. The molecule has 0 saturated carbocycles. The fourth-order valence-corrected chi connectivity index (χ4v) is 2.56. The van der Waals surface area contributed by atoms with E-state index >= 15 is 0 Å². The van der Waals surface area contributed by atoms with E-state index in [4.69, 9.17) is 21.4 Å². The molecule has 7 heteroatoms. The van der Waals surface area contributed by atoms with Crippen LogP contribution >= 0.6 is 12.2 Å². The second-order valence-corrected chi connectivity index (χ2v) is 6.15. The third kappa shape index (κ3) is 6.19. The molecule has 0 amide bonds. The molecule has 0 fully saturated rings. The summed E-state index contributed by atoms with van der Waals surface area (Å²) in [6.45, 7) is 6.05. The van der Waals surface area contributed by atoms with Gasteiger partial charge in [-0.3, -0.25) is 9.78 Å². The van der Waals surface area contributed by atoms with Crippen molar-refractivity contribution in [3.63, 3.8) is 0 Å². The average Bonchev–Trinajstić information content (AvgIpc) is 2.91. The van der Waals surface area contributed by atoms with Crippen LogP contribution in [0.2, 0.25) is 0 Å². The molecule has 0 aliphatic rings. The SMILES string of the molecule is CC(=O)OCCNC(=S)NC(Cc1ccncc1)c1cc(C)c(C)o1. The zero-order valence-electron chi connectivity index (χ0n) is 14.7. The van der Waals surface area contributed by atoms with E-state index in [0.29, 0.717) is 18.1 Å². The molecule has 1 unspecified atom stereocenters. The third-order valence-corrected chi connectivity index (χ3v) is 3.98. The normalized spacial score (nSPS) is 11.6. The molecule has 6 nitrogen and oxygen atoms in total. The minimum atomic E-state index is -0.308. The summed E-state index contributed by atoms with van der Waals surface area (Å²) in [4.78, 5) is 14.8. The lowest BCUT2D eigenvalue weighted by atomic mass is 10.0. The molecule has 134 valence electrons. The maximum absolute atomic E-state index is 10.8. The largest absolute Gasteiger partial charge is 0.464 e. The highest BCUT2D eigenvalue weighted by atomic mass is 32.1. The Morgan fingerprint density at radius 3 is 2.68 bits per heavy atom. The molecule has 0 bridgehead atoms. The van der Waals surface area contributed by atoms with Gasteiger partial charge in [0.15, 0.2) is 5.11 Å². The molecule has 0 aliphatic carbocycles. The van der Waals surface area contributed by atoms with Crippen LogP contribution in [-0.2, 0) is 16.0 Å². The number of rotatable bonds is 7. The predicted octanol–water partition coefficient (Wildman–Crippen LogP) is 2.60. The summed E-state index contributed by atoms with van der Waals surface area (Å²) in [7, 11) is 0. The molecule has 2 aromatic heterocycles. The fourth-order valence-electron chi connectivity index (χ4n) is 2.32. The topological polar surface area (TPSA) is 76.4 Å². The number of hydrogen-bond acceptors (Lipinski definition) is 5. The van der Waals surface area contributed by atoms with Gasteiger partial charge in [0.2, 0.25) is 0 Å². The Balaban J connectivity index is 2.01. The minimum absolute atomic E-state index is 0.108. The van der Waals surface area contributed by atoms with Gasteiger partial charge >= 0.3 is 5.97 Å². The Morgan fingerprint density at radius 1 is 1.36 bits per heavy atom. The van der Waals surface area contributed by atoms with E-state index in [1.54, 1.807) is 12.4 Å². The van der Waals surface area contributed by atoms with E-state index in [9.17, 15) is 4.79 Å². The third-order valence-electron chi connectivity index (χ3n) is 3.72. The molecule has 2 rings (SSSR count). The lowest BCUT2D eigenvalue weighted by Gasteiger charge is -2.19. The molecule has 2 N–H and O–H groups in total. The van der Waals surface area contributed by atoms with Crippen LogP contribution < -0.4 is 10.6 Å². The Kier molecular flexibility index (Phi) is 6.94. The van der Waals surface area contributed by atoms with E-state index in [2.05, 4.69) is 15.6 Å². The van der Waals surface area contributed by atoms with E-state index < -0.39 is 0 Å². The highest BCUT2D eigenvalue weighted by molar-refractivity contribution is 7.80. The lowest BCUT2D eigenvalue weighted by Crippen LogP contribution is -2.40. The van der Waals surface area contributed by atoms with Crippen molar-refractivity contribution in [2.45, 2.75) is 33.2 Å². The van der Waals surface area contributed by atoms with Gasteiger partial charge in [-0.05, 0) is 61.8 Å². The smallest absolute Gasteiger partial charge is 0.302 e. The quantitative estimate of drug-likeness (QED) is 0.446. The second-order valence-electron chi connectivity index (χ2n) is 5.74. The second kappa shape index (κ2) is 9.17. The standard InChI is InChI=1S/C18H23N3O3S/c1-12-10-17(24-13(12)2)16(11-15-4-6-19-7-5-15)21-18(25)20-8-9-23-14(3)22/h4-7,10,16H,8-9,11H2,1-3H3,(H2,20,21,25). The summed E-state index contributed by atoms with van der Waals surface area (Å²) >= 11 is 5.35. The first-order valence-electron chi connectivity index (χ1n) is 8.09. The van der Waals surface area contributed by atoms with Gasteiger partial charge in [-0.25, -0.2) is 0 Å². The summed E-state index contributed by atoms with van der Waals surface area (Å²) < 4.78 is 10.8. The van der Waals surface area contributed by atoms with Crippen LogP contribution in [0.5, 0.6) is 0 Å². The first-order chi connectivity index (χ1) is 12.0. The number of esters is 1. The molecule has 0 radical (unpaired) electrons. The number of nitrogens with zero attached hydrogens (tertiary/aromatic N) is 1. The number of carbonyl (C=O) groups excluding carboxylic acids is 1. The van der Waals surface area contributed by atoms with Crippen molar-refractivity contribution in [2.24, 2.45) is 0 Å². The van der Waals surface area contributed by atoms with E-state index in [0.717, 1.165) is 22.6 Å². The van der Waals surface area contributed by atoms with Crippen LogP contribution in [-0.4, -0.2) is 29.2 Å². The number of hydrogen-bond donors (Lipinski definition) is 2. The molecular formula is C18H23N3O3S. The molecule has 25 heavy (non-hydrogen) atoms. The van der Waals surface area contributed by atoms with E-state index in [1.807, 2.05) is 32.0 Å². The van der Waals surface area contributed by atoms with Gasteiger partial charge < -0.3 is 19.8 Å². The molecule has 0 saturated heterocycles. The molecule has 2 heterocycles. The molecule has 0 aromatic carbocycles. The summed E-state index contributed by atoms with van der Waals surface area (Å²) in [6.07, 6.45) is 4.24. The Bertz CT molecular complexity index is 696. The summed E-state index contributed by atoms with van der Waals surface area (Å²) in [5, 5.41) is 6.79. The number of carbonyl (C=O) groups is 1. The highest BCUT2D eigenvalue weighted by Crippen LogP contribution is 2.23. The summed E-state index contributed by atoms with van der Waals surface area (Å²) in [5.74, 6) is 1.42. The Morgan fingerprint density at radius 2 is 2.08 bits per heavy atom. The number of aromatic nitrogens is 1.